The molecule has 1 saturated heterocycles. The summed E-state index contributed by atoms with van der Waals surface area (Å²) in [6, 6.07) is 5.56. The van der Waals surface area contributed by atoms with Crippen LogP contribution in [-0.2, 0) is 16.0 Å². The van der Waals surface area contributed by atoms with Gasteiger partial charge in [0.05, 0.1) is 19.6 Å². The number of aromatic nitrogens is 2. The molecule has 0 spiro atoms. The first-order valence-corrected chi connectivity index (χ1v) is 7.47. The predicted molar refractivity (Wildman–Crippen MR) is 80.4 cm³/mol. The molecule has 1 aromatic carbocycles. The largest absolute Gasteiger partial charge is 0.379 e. The molecule has 7 nitrogen and oxygen atoms in total. The summed E-state index contributed by atoms with van der Waals surface area (Å²) in [5.74, 6) is 0.101. The lowest BCUT2D eigenvalue weighted by Crippen LogP contribution is -2.42. The van der Waals surface area contributed by atoms with Crippen molar-refractivity contribution < 1.29 is 14.2 Å². The van der Waals surface area contributed by atoms with E-state index in [9.17, 15) is 4.79 Å². The lowest BCUT2D eigenvalue weighted by atomic mass is 10.1. The minimum Gasteiger partial charge on any atom is -0.379 e. The summed E-state index contributed by atoms with van der Waals surface area (Å²) in [6.07, 6.45) is 0.364. The summed E-state index contributed by atoms with van der Waals surface area (Å²) in [6.45, 7) is 5.06. The third-order valence-corrected chi connectivity index (χ3v) is 3.95. The first kappa shape index (κ1) is 14.9. The number of hydrogen-bond donors (Lipinski definition) is 0. The molecule has 0 N–H and O–H groups in total. The number of carbonyl (C=O) groups excluding carboxylic acids is 1. The molecule has 7 heteroatoms. The Labute approximate surface area is 128 Å². The number of rotatable bonds is 5. The Bertz CT molecular complexity index is 637. The van der Waals surface area contributed by atoms with Crippen LogP contribution < -0.4 is 0 Å². The van der Waals surface area contributed by atoms with Gasteiger partial charge in [-0.1, -0.05) is 6.07 Å². The fourth-order valence-corrected chi connectivity index (χ4v) is 2.49. The van der Waals surface area contributed by atoms with Crippen molar-refractivity contribution in [2.45, 2.75) is 6.42 Å². The Morgan fingerprint density at radius 3 is 2.86 bits per heavy atom. The van der Waals surface area contributed by atoms with Gasteiger partial charge in [-0.05, 0) is 28.0 Å². The molecule has 2 heterocycles. The van der Waals surface area contributed by atoms with Gasteiger partial charge in [0.25, 0.3) is 0 Å². The predicted octanol–water partition coefficient (Wildman–Crippen LogP) is 0.556. The summed E-state index contributed by atoms with van der Waals surface area (Å²) in [4.78, 5) is 16.4. The van der Waals surface area contributed by atoms with Crippen molar-refractivity contribution in [2.75, 3.05) is 46.4 Å². The van der Waals surface area contributed by atoms with Crippen molar-refractivity contribution in [3.8, 4) is 0 Å². The Kier molecular flexibility index (Phi) is 4.65. The molecular weight excluding hydrogens is 284 g/mol. The Morgan fingerprint density at radius 2 is 2.05 bits per heavy atom. The fraction of sp³-hybridized carbons (Fsp3) is 0.533. The van der Waals surface area contributed by atoms with E-state index in [1.54, 1.807) is 4.90 Å². The Balaban J connectivity index is 1.51. The maximum atomic E-state index is 12.3. The van der Waals surface area contributed by atoms with Gasteiger partial charge in [-0.2, -0.15) is 0 Å². The summed E-state index contributed by atoms with van der Waals surface area (Å²) in [5, 5.41) is 7.56. The zero-order chi connectivity index (χ0) is 15.4. The van der Waals surface area contributed by atoms with E-state index >= 15 is 0 Å². The standard InChI is InChI=1S/C15H20N4O3/c1-18(4-5-19-6-8-21-9-7-19)15(20)11-12-2-3-13-14(10-12)17-22-16-13/h2-3,10H,4-9,11H2,1H3. The highest BCUT2D eigenvalue weighted by Crippen LogP contribution is 2.12. The second kappa shape index (κ2) is 6.85. The first-order valence-electron chi connectivity index (χ1n) is 7.47. The van der Waals surface area contributed by atoms with Gasteiger partial charge in [-0.15, -0.1) is 0 Å². The molecule has 0 radical (unpaired) electrons. The van der Waals surface area contributed by atoms with Gasteiger partial charge in [0.2, 0.25) is 5.91 Å². The molecule has 1 fully saturated rings. The maximum Gasteiger partial charge on any atom is 0.226 e. The lowest BCUT2D eigenvalue weighted by molar-refractivity contribution is -0.129. The van der Waals surface area contributed by atoms with Gasteiger partial charge >= 0.3 is 0 Å². The van der Waals surface area contributed by atoms with Crippen molar-refractivity contribution in [3.05, 3.63) is 23.8 Å². The normalized spacial score (nSPS) is 16.0. The Hall–Kier alpha value is -1.99. The van der Waals surface area contributed by atoms with Crippen LogP contribution in [0.2, 0.25) is 0 Å². The second-order valence-corrected chi connectivity index (χ2v) is 5.53. The van der Waals surface area contributed by atoms with E-state index in [4.69, 9.17) is 4.74 Å². The molecule has 22 heavy (non-hydrogen) atoms. The van der Waals surface area contributed by atoms with Crippen LogP contribution in [-0.4, -0.2) is 72.5 Å². The molecule has 0 unspecified atom stereocenters. The highest BCUT2D eigenvalue weighted by Gasteiger charge is 2.14. The maximum absolute atomic E-state index is 12.3. The van der Waals surface area contributed by atoms with Gasteiger partial charge in [0.15, 0.2) is 0 Å². The zero-order valence-corrected chi connectivity index (χ0v) is 12.7. The molecule has 0 saturated carbocycles. The summed E-state index contributed by atoms with van der Waals surface area (Å²) < 4.78 is 9.99. The number of morpholine rings is 1. The quantitative estimate of drug-likeness (QED) is 0.803. The van der Waals surface area contributed by atoms with E-state index < -0.39 is 0 Å². The van der Waals surface area contributed by atoms with Gasteiger partial charge in [-0.3, -0.25) is 9.69 Å². The molecular formula is C15H20N4O3. The topological polar surface area (TPSA) is 71.7 Å². The van der Waals surface area contributed by atoms with Crippen LogP contribution in [0.4, 0.5) is 0 Å². The van der Waals surface area contributed by atoms with Crippen LogP contribution in [0.25, 0.3) is 11.0 Å². The molecule has 1 aliphatic heterocycles. The highest BCUT2D eigenvalue weighted by molar-refractivity contribution is 5.81. The smallest absolute Gasteiger partial charge is 0.226 e. The lowest BCUT2D eigenvalue weighted by Gasteiger charge is -2.28. The van der Waals surface area contributed by atoms with E-state index in [0.29, 0.717) is 17.5 Å². The van der Waals surface area contributed by atoms with Crippen LogP contribution in [0.1, 0.15) is 5.56 Å². The van der Waals surface area contributed by atoms with Crippen LogP contribution in [0.5, 0.6) is 0 Å². The average molecular weight is 304 g/mol. The Morgan fingerprint density at radius 1 is 1.27 bits per heavy atom. The third-order valence-electron chi connectivity index (χ3n) is 3.95. The fourth-order valence-electron chi connectivity index (χ4n) is 2.49. The van der Waals surface area contributed by atoms with Gasteiger partial charge < -0.3 is 9.64 Å². The number of ether oxygens (including phenoxy) is 1. The molecule has 0 atom stereocenters. The second-order valence-electron chi connectivity index (χ2n) is 5.53. The monoisotopic (exact) mass is 304 g/mol. The van der Waals surface area contributed by atoms with Crippen molar-refractivity contribution >= 4 is 16.9 Å². The molecule has 0 aliphatic carbocycles. The number of likely N-dealkylation sites (N-methyl/N-ethyl adjacent to an activating group) is 1. The van der Waals surface area contributed by atoms with Crippen LogP contribution >= 0.6 is 0 Å². The highest BCUT2D eigenvalue weighted by atomic mass is 16.6. The SMILES string of the molecule is CN(CCN1CCOCC1)C(=O)Cc1ccc2nonc2c1. The van der Waals surface area contributed by atoms with Gasteiger partial charge in [0, 0.05) is 33.2 Å². The molecule has 118 valence electrons. The summed E-state index contributed by atoms with van der Waals surface area (Å²) >= 11 is 0. The van der Waals surface area contributed by atoms with E-state index in [-0.39, 0.29) is 5.91 Å². The number of amides is 1. The molecule has 1 aromatic heterocycles. The summed E-state index contributed by atoms with van der Waals surface area (Å²) in [7, 11) is 1.85. The zero-order valence-electron chi connectivity index (χ0n) is 12.7. The molecule has 2 aromatic rings. The minimum atomic E-state index is 0.101. The van der Waals surface area contributed by atoms with E-state index in [2.05, 4.69) is 19.8 Å². The summed E-state index contributed by atoms with van der Waals surface area (Å²) in [5.41, 5.74) is 2.31. The van der Waals surface area contributed by atoms with Crippen molar-refractivity contribution in [3.63, 3.8) is 0 Å². The minimum absolute atomic E-state index is 0.101. The van der Waals surface area contributed by atoms with Crippen molar-refractivity contribution in [1.82, 2.24) is 20.1 Å². The van der Waals surface area contributed by atoms with E-state index in [1.165, 1.54) is 0 Å². The van der Waals surface area contributed by atoms with E-state index in [1.807, 2.05) is 25.2 Å². The van der Waals surface area contributed by atoms with Crippen LogP contribution in [0.3, 0.4) is 0 Å². The molecule has 1 amide bonds. The first-order chi connectivity index (χ1) is 10.7. The molecule has 3 rings (SSSR count). The molecule has 0 bridgehead atoms. The molecule has 1 aliphatic rings. The third kappa shape index (κ3) is 3.61. The number of nitrogens with zero attached hydrogens (tertiary/aromatic N) is 4. The van der Waals surface area contributed by atoms with Crippen molar-refractivity contribution in [1.29, 1.82) is 0 Å². The number of benzene rings is 1. The average Bonchev–Trinajstić information content (AvgIpc) is 3.01. The number of fused-ring (bicyclic) bond motifs is 1. The van der Waals surface area contributed by atoms with Gasteiger partial charge in [0.1, 0.15) is 11.0 Å². The van der Waals surface area contributed by atoms with E-state index in [0.717, 1.165) is 45.0 Å². The van der Waals surface area contributed by atoms with Crippen molar-refractivity contribution in [2.24, 2.45) is 0 Å². The van der Waals surface area contributed by atoms with Crippen LogP contribution in [0.15, 0.2) is 22.8 Å². The van der Waals surface area contributed by atoms with Gasteiger partial charge in [-0.25, -0.2) is 4.63 Å². The number of hydrogen-bond acceptors (Lipinski definition) is 6. The van der Waals surface area contributed by atoms with Crippen LogP contribution in [0, 0.1) is 0 Å². The number of carbonyl (C=O) groups is 1.